The summed E-state index contributed by atoms with van der Waals surface area (Å²) in [6, 6.07) is 3.65. The van der Waals surface area contributed by atoms with Gasteiger partial charge in [0.15, 0.2) is 5.82 Å². The Labute approximate surface area is 144 Å². The van der Waals surface area contributed by atoms with Crippen molar-refractivity contribution in [1.82, 2.24) is 30.4 Å². The minimum absolute atomic E-state index is 0.0694. The number of aromatic nitrogens is 4. The summed E-state index contributed by atoms with van der Waals surface area (Å²) < 4.78 is 0. The highest BCUT2D eigenvalue weighted by atomic mass is 32.2. The average Bonchev–Trinajstić information content (AvgIpc) is 3.07. The van der Waals surface area contributed by atoms with Gasteiger partial charge in [-0.05, 0) is 26.0 Å². The molecule has 0 aliphatic carbocycles. The van der Waals surface area contributed by atoms with Crippen LogP contribution in [0, 0.1) is 0 Å². The molecule has 0 saturated carbocycles. The molecule has 2 rings (SSSR count). The Balaban J connectivity index is 1.89. The molecule has 0 fully saturated rings. The van der Waals surface area contributed by atoms with Gasteiger partial charge < -0.3 is 10.2 Å². The number of amides is 2. The van der Waals surface area contributed by atoms with E-state index in [1.807, 2.05) is 26.0 Å². The average molecular weight is 348 g/mol. The first-order chi connectivity index (χ1) is 11.6. The third-order valence-corrected chi connectivity index (χ3v) is 4.02. The quantitative estimate of drug-likeness (QED) is 0.688. The van der Waals surface area contributed by atoms with Crippen molar-refractivity contribution < 1.29 is 9.59 Å². The highest BCUT2D eigenvalue weighted by Gasteiger charge is 2.16. The number of nitrogens with zero attached hydrogens (tertiary/aromatic N) is 4. The summed E-state index contributed by atoms with van der Waals surface area (Å²) in [4.78, 5) is 33.6. The van der Waals surface area contributed by atoms with Crippen LogP contribution in [0.2, 0.25) is 0 Å². The van der Waals surface area contributed by atoms with Crippen LogP contribution in [-0.2, 0) is 9.59 Å². The highest BCUT2D eigenvalue weighted by molar-refractivity contribution is 7.99. The Bertz CT molecular complexity index is 676. The predicted molar refractivity (Wildman–Crippen MR) is 91.3 cm³/mol. The lowest BCUT2D eigenvalue weighted by atomic mass is 10.3. The van der Waals surface area contributed by atoms with Crippen molar-refractivity contribution in [2.45, 2.75) is 19.0 Å². The number of hydrogen-bond donors (Lipinski definition) is 2. The molecule has 2 aromatic heterocycles. The number of pyridine rings is 1. The van der Waals surface area contributed by atoms with Crippen molar-refractivity contribution in [3.63, 3.8) is 0 Å². The molecule has 0 aliphatic rings. The van der Waals surface area contributed by atoms with Gasteiger partial charge in [0.2, 0.25) is 17.0 Å². The molecule has 2 amide bonds. The first-order valence-electron chi connectivity index (χ1n) is 7.64. The van der Waals surface area contributed by atoms with E-state index in [-0.39, 0.29) is 24.1 Å². The maximum Gasteiger partial charge on any atom is 0.239 e. The van der Waals surface area contributed by atoms with Gasteiger partial charge in [-0.15, -0.1) is 5.10 Å². The van der Waals surface area contributed by atoms with Gasteiger partial charge >= 0.3 is 0 Å². The molecule has 2 N–H and O–H groups in total. The number of nitrogens with one attached hydrogen (secondary N) is 2. The number of rotatable bonds is 8. The molecule has 0 bridgehead atoms. The Morgan fingerprint density at radius 2 is 2.04 bits per heavy atom. The highest BCUT2D eigenvalue weighted by Crippen LogP contribution is 2.18. The monoisotopic (exact) mass is 348 g/mol. The summed E-state index contributed by atoms with van der Waals surface area (Å²) in [5.74, 6) is 0.530. The van der Waals surface area contributed by atoms with Crippen LogP contribution in [0.5, 0.6) is 0 Å². The lowest BCUT2D eigenvalue weighted by Gasteiger charge is -2.19. The number of likely N-dealkylation sites (N-methyl/N-ethyl adjacent to an activating group) is 2. The molecule has 0 atom stereocenters. The molecule has 0 spiro atoms. The zero-order valence-corrected chi connectivity index (χ0v) is 14.5. The SMILES string of the molecule is CCNC(=O)CN(CC)C(=O)CSc1n[nH]c(-c2ccncc2)n1. The molecule has 9 heteroatoms. The van der Waals surface area contributed by atoms with Gasteiger partial charge in [0.25, 0.3) is 0 Å². The van der Waals surface area contributed by atoms with E-state index < -0.39 is 0 Å². The third-order valence-electron chi connectivity index (χ3n) is 3.19. The largest absolute Gasteiger partial charge is 0.355 e. The van der Waals surface area contributed by atoms with Crippen molar-refractivity contribution in [3.05, 3.63) is 24.5 Å². The van der Waals surface area contributed by atoms with Crippen LogP contribution in [0.4, 0.5) is 0 Å². The number of hydrogen-bond acceptors (Lipinski definition) is 6. The number of H-pyrrole nitrogens is 1. The summed E-state index contributed by atoms with van der Waals surface area (Å²) in [6.45, 7) is 4.78. The van der Waals surface area contributed by atoms with Gasteiger partial charge in [0.05, 0.1) is 12.3 Å². The van der Waals surface area contributed by atoms with Crippen molar-refractivity contribution in [3.8, 4) is 11.4 Å². The Morgan fingerprint density at radius 1 is 1.29 bits per heavy atom. The van der Waals surface area contributed by atoms with Crippen LogP contribution in [0.15, 0.2) is 29.7 Å². The summed E-state index contributed by atoms with van der Waals surface area (Å²) in [7, 11) is 0. The molecule has 0 aromatic carbocycles. The normalized spacial score (nSPS) is 10.4. The second-order valence-corrected chi connectivity index (χ2v) is 5.80. The smallest absolute Gasteiger partial charge is 0.239 e. The fourth-order valence-corrected chi connectivity index (χ4v) is 2.67. The van der Waals surface area contributed by atoms with Crippen molar-refractivity contribution in [1.29, 1.82) is 0 Å². The molecule has 2 heterocycles. The van der Waals surface area contributed by atoms with E-state index in [2.05, 4.69) is 25.5 Å². The van der Waals surface area contributed by atoms with E-state index in [0.717, 1.165) is 5.56 Å². The van der Waals surface area contributed by atoms with Gasteiger partial charge in [-0.2, -0.15) is 0 Å². The maximum absolute atomic E-state index is 12.2. The lowest BCUT2D eigenvalue weighted by Crippen LogP contribution is -2.41. The first kappa shape index (κ1) is 17.9. The summed E-state index contributed by atoms with van der Waals surface area (Å²) >= 11 is 1.24. The molecule has 24 heavy (non-hydrogen) atoms. The minimum atomic E-state index is -0.157. The Hall–Kier alpha value is -2.42. The van der Waals surface area contributed by atoms with Crippen LogP contribution in [0.25, 0.3) is 11.4 Å². The second kappa shape index (κ2) is 9.02. The van der Waals surface area contributed by atoms with E-state index in [1.165, 1.54) is 16.7 Å². The van der Waals surface area contributed by atoms with Gasteiger partial charge in [-0.25, -0.2) is 4.98 Å². The van der Waals surface area contributed by atoms with Crippen LogP contribution in [0.3, 0.4) is 0 Å². The van der Waals surface area contributed by atoms with Crippen LogP contribution >= 0.6 is 11.8 Å². The van der Waals surface area contributed by atoms with Crippen LogP contribution in [-0.4, -0.2) is 62.3 Å². The summed E-state index contributed by atoms with van der Waals surface area (Å²) in [6.07, 6.45) is 3.35. The molecule has 0 radical (unpaired) electrons. The fourth-order valence-electron chi connectivity index (χ4n) is 1.97. The lowest BCUT2D eigenvalue weighted by molar-refractivity contribution is -0.133. The van der Waals surface area contributed by atoms with E-state index >= 15 is 0 Å². The molecular weight excluding hydrogens is 328 g/mol. The van der Waals surface area contributed by atoms with E-state index in [9.17, 15) is 9.59 Å². The third kappa shape index (κ3) is 5.05. The van der Waals surface area contributed by atoms with Crippen LogP contribution in [0.1, 0.15) is 13.8 Å². The molecule has 8 nitrogen and oxygen atoms in total. The van der Waals surface area contributed by atoms with E-state index in [0.29, 0.717) is 24.1 Å². The number of thioether (sulfide) groups is 1. The molecule has 0 aliphatic heterocycles. The van der Waals surface area contributed by atoms with Crippen molar-refractivity contribution in [2.24, 2.45) is 0 Å². The zero-order valence-electron chi connectivity index (χ0n) is 13.7. The minimum Gasteiger partial charge on any atom is -0.355 e. The van der Waals surface area contributed by atoms with Gasteiger partial charge in [-0.3, -0.25) is 19.7 Å². The second-order valence-electron chi connectivity index (χ2n) is 4.85. The fraction of sp³-hybridized carbons (Fsp3) is 0.400. The first-order valence-corrected chi connectivity index (χ1v) is 8.62. The maximum atomic E-state index is 12.2. The zero-order chi connectivity index (χ0) is 17.4. The van der Waals surface area contributed by atoms with Gasteiger partial charge in [-0.1, -0.05) is 11.8 Å². The van der Waals surface area contributed by atoms with Gasteiger partial charge in [0.1, 0.15) is 0 Å². The topological polar surface area (TPSA) is 104 Å². The summed E-state index contributed by atoms with van der Waals surface area (Å²) in [5, 5.41) is 10.1. The molecular formula is C15H20N6O2S. The molecule has 0 saturated heterocycles. The summed E-state index contributed by atoms with van der Waals surface area (Å²) in [5.41, 5.74) is 0.877. The molecule has 2 aromatic rings. The number of aromatic amines is 1. The van der Waals surface area contributed by atoms with E-state index in [1.54, 1.807) is 12.4 Å². The number of carbonyl (C=O) groups excluding carboxylic acids is 2. The van der Waals surface area contributed by atoms with Crippen molar-refractivity contribution >= 4 is 23.6 Å². The Kier molecular flexibility index (Phi) is 6.74. The van der Waals surface area contributed by atoms with E-state index in [4.69, 9.17) is 0 Å². The standard InChI is InChI=1S/C15H20N6O2S/c1-3-17-12(22)9-21(4-2)13(23)10-24-15-18-14(19-20-15)11-5-7-16-8-6-11/h5-8H,3-4,9-10H2,1-2H3,(H,17,22)(H,18,19,20). The van der Waals surface area contributed by atoms with Crippen LogP contribution < -0.4 is 5.32 Å². The predicted octanol–water partition coefficient (Wildman–Crippen LogP) is 0.943. The number of carbonyl (C=O) groups is 2. The molecule has 128 valence electrons. The van der Waals surface area contributed by atoms with Crippen molar-refractivity contribution in [2.75, 3.05) is 25.4 Å². The van der Waals surface area contributed by atoms with Gasteiger partial charge in [0, 0.05) is 31.0 Å². The molecule has 0 unspecified atom stereocenters. The Morgan fingerprint density at radius 3 is 2.71 bits per heavy atom.